The van der Waals surface area contributed by atoms with E-state index in [4.69, 9.17) is 27.5 Å². The van der Waals surface area contributed by atoms with Crippen LogP contribution in [0.3, 0.4) is 0 Å². The Morgan fingerprint density at radius 3 is 2.63 bits per heavy atom. The van der Waals surface area contributed by atoms with Crippen LogP contribution in [0.4, 0.5) is 0 Å². The Labute approximate surface area is 121 Å². The summed E-state index contributed by atoms with van der Waals surface area (Å²) in [4.78, 5) is 1.02. The van der Waals surface area contributed by atoms with Crippen molar-refractivity contribution in [1.29, 1.82) is 5.41 Å². The molecular weight excluding hydrogens is 280 g/mol. The minimum absolute atomic E-state index is 0.0702. The summed E-state index contributed by atoms with van der Waals surface area (Å²) in [5.74, 6) is 1.19. The van der Waals surface area contributed by atoms with Crippen LogP contribution in [0.1, 0.15) is 5.56 Å². The van der Waals surface area contributed by atoms with Gasteiger partial charge in [-0.3, -0.25) is 5.41 Å². The molecule has 0 saturated heterocycles. The van der Waals surface area contributed by atoms with Crippen LogP contribution in [0.5, 0.6) is 11.5 Å². The van der Waals surface area contributed by atoms with Crippen molar-refractivity contribution in [2.75, 3.05) is 6.26 Å². The molecule has 0 fully saturated rings. The topological polar surface area (TPSA) is 59.1 Å². The lowest BCUT2D eigenvalue weighted by atomic mass is 10.2. The molecule has 0 bridgehead atoms. The molecule has 0 atom stereocenters. The number of nitrogen functional groups attached to an aromatic ring is 1. The zero-order chi connectivity index (χ0) is 13.8. The maximum Gasteiger partial charge on any atom is 0.140 e. The maximum atomic E-state index is 7.57. The Morgan fingerprint density at radius 1 is 1.21 bits per heavy atom. The first-order valence-electron chi connectivity index (χ1n) is 5.56. The highest BCUT2D eigenvalue weighted by molar-refractivity contribution is 7.98. The summed E-state index contributed by atoms with van der Waals surface area (Å²) in [6.07, 6.45) is 1.98. The number of nitrogens with two attached hydrogens (primary N) is 1. The van der Waals surface area contributed by atoms with Gasteiger partial charge in [-0.05, 0) is 36.6 Å². The molecule has 0 aliphatic heterocycles. The minimum Gasteiger partial charge on any atom is -0.455 e. The highest BCUT2D eigenvalue weighted by atomic mass is 35.5. The first kappa shape index (κ1) is 13.8. The van der Waals surface area contributed by atoms with Crippen molar-refractivity contribution >= 4 is 29.2 Å². The van der Waals surface area contributed by atoms with Gasteiger partial charge in [-0.1, -0.05) is 23.7 Å². The molecule has 2 aromatic carbocycles. The summed E-state index contributed by atoms with van der Waals surface area (Å²) in [5, 5.41) is 8.09. The molecule has 0 spiro atoms. The van der Waals surface area contributed by atoms with Crippen LogP contribution < -0.4 is 10.5 Å². The van der Waals surface area contributed by atoms with Crippen LogP contribution in [-0.2, 0) is 0 Å². The number of amidine groups is 1. The standard InChI is InChI=1S/C14H13ClN2OS/c1-19-13-5-3-2-4-12(13)18-11-7-6-9(15)8-10(11)14(16)17/h2-8H,1H3,(H3,16,17). The molecule has 98 valence electrons. The minimum atomic E-state index is -0.0702. The third-order valence-corrected chi connectivity index (χ3v) is 3.53. The Bertz CT molecular complexity index is 616. The van der Waals surface area contributed by atoms with Crippen molar-refractivity contribution in [2.24, 2.45) is 5.73 Å². The van der Waals surface area contributed by atoms with Crippen LogP contribution >= 0.6 is 23.4 Å². The van der Waals surface area contributed by atoms with Gasteiger partial charge in [-0.25, -0.2) is 0 Å². The molecule has 0 aliphatic carbocycles. The quantitative estimate of drug-likeness (QED) is 0.506. The molecule has 0 aromatic heterocycles. The highest BCUT2D eigenvalue weighted by Gasteiger charge is 2.10. The van der Waals surface area contributed by atoms with Crippen molar-refractivity contribution in [2.45, 2.75) is 4.90 Å². The number of nitrogens with one attached hydrogen (secondary N) is 1. The number of para-hydroxylation sites is 1. The zero-order valence-corrected chi connectivity index (χ0v) is 11.9. The van der Waals surface area contributed by atoms with E-state index in [1.165, 1.54) is 0 Å². The number of ether oxygens (including phenoxy) is 1. The molecule has 0 radical (unpaired) electrons. The van der Waals surface area contributed by atoms with Crippen molar-refractivity contribution in [1.82, 2.24) is 0 Å². The average molecular weight is 293 g/mol. The molecule has 0 amide bonds. The molecule has 19 heavy (non-hydrogen) atoms. The highest BCUT2D eigenvalue weighted by Crippen LogP contribution is 2.33. The number of hydrogen-bond acceptors (Lipinski definition) is 3. The molecular formula is C14H13ClN2OS. The van der Waals surface area contributed by atoms with Gasteiger partial charge in [0.2, 0.25) is 0 Å². The molecule has 0 heterocycles. The smallest absolute Gasteiger partial charge is 0.140 e. The number of hydrogen-bond donors (Lipinski definition) is 2. The number of thioether (sulfide) groups is 1. The third kappa shape index (κ3) is 3.22. The Balaban J connectivity index is 2.41. The fraction of sp³-hybridized carbons (Fsp3) is 0.0714. The van der Waals surface area contributed by atoms with Gasteiger partial charge in [0.1, 0.15) is 17.3 Å². The lowest BCUT2D eigenvalue weighted by molar-refractivity contribution is 0.470. The Kier molecular flexibility index (Phi) is 4.35. The largest absolute Gasteiger partial charge is 0.455 e. The number of halogens is 1. The van der Waals surface area contributed by atoms with Crippen LogP contribution in [0.15, 0.2) is 47.4 Å². The summed E-state index contributed by atoms with van der Waals surface area (Å²) in [6, 6.07) is 12.8. The second-order valence-corrected chi connectivity index (χ2v) is 5.09. The van der Waals surface area contributed by atoms with E-state index in [0.717, 1.165) is 10.6 Å². The summed E-state index contributed by atoms with van der Waals surface area (Å²) >= 11 is 7.51. The van der Waals surface area contributed by atoms with Gasteiger partial charge in [0.15, 0.2) is 0 Å². The van der Waals surface area contributed by atoms with E-state index in [1.54, 1.807) is 30.0 Å². The lowest BCUT2D eigenvalue weighted by Crippen LogP contribution is -2.12. The van der Waals surface area contributed by atoms with E-state index in [1.807, 2.05) is 30.5 Å². The molecule has 3 N–H and O–H groups in total. The third-order valence-electron chi connectivity index (χ3n) is 2.52. The lowest BCUT2D eigenvalue weighted by Gasteiger charge is -2.12. The molecule has 3 nitrogen and oxygen atoms in total. The predicted octanol–water partition coefficient (Wildman–Crippen LogP) is 4.14. The van der Waals surface area contributed by atoms with Crippen LogP contribution in [-0.4, -0.2) is 12.1 Å². The molecule has 0 unspecified atom stereocenters. The molecule has 2 aromatic rings. The van der Waals surface area contributed by atoms with E-state index < -0.39 is 0 Å². The Hall–Kier alpha value is -1.65. The second kappa shape index (κ2) is 5.99. The van der Waals surface area contributed by atoms with E-state index in [-0.39, 0.29) is 5.84 Å². The molecule has 2 rings (SSSR count). The van der Waals surface area contributed by atoms with Crippen molar-refractivity contribution in [3.05, 3.63) is 53.1 Å². The van der Waals surface area contributed by atoms with E-state index in [9.17, 15) is 0 Å². The monoisotopic (exact) mass is 292 g/mol. The van der Waals surface area contributed by atoms with Crippen LogP contribution in [0.25, 0.3) is 0 Å². The second-order valence-electron chi connectivity index (χ2n) is 3.81. The summed E-state index contributed by atoms with van der Waals surface area (Å²) in [5.41, 5.74) is 6.04. The summed E-state index contributed by atoms with van der Waals surface area (Å²) < 4.78 is 5.85. The van der Waals surface area contributed by atoms with E-state index in [2.05, 4.69) is 0 Å². The molecule has 5 heteroatoms. The zero-order valence-electron chi connectivity index (χ0n) is 10.3. The van der Waals surface area contributed by atoms with E-state index >= 15 is 0 Å². The van der Waals surface area contributed by atoms with Gasteiger partial charge >= 0.3 is 0 Å². The summed E-state index contributed by atoms with van der Waals surface area (Å²) in [7, 11) is 0. The summed E-state index contributed by atoms with van der Waals surface area (Å²) in [6.45, 7) is 0. The fourth-order valence-corrected chi connectivity index (χ4v) is 2.32. The van der Waals surface area contributed by atoms with Gasteiger partial charge in [-0.2, -0.15) is 0 Å². The van der Waals surface area contributed by atoms with Crippen LogP contribution in [0, 0.1) is 5.41 Å². The van der Waals surface area contributed by atoms with Gasteiger partial charge in [0, 0.05) is 9.92 Å². The Morgan fingerprint density at radius 2 is 1.95 bits per heavy atom. The van der Waals surface area contributed by atoms with Gasteiger partial charge in [-0.15, -0.1) is 11.8 Å². The molecule has 0 aliphatic rings. The number of benzene rings is 2. The van der Waals surface area contributed by atoms with Crippen molar-refractivity contribution in [3.63, 3.8) is 0 Å². The number of rotatable bonds is 4. The van der Waals surface area contributed by atoms with Crippen molar-refractivity contribution < 1.29 is 4.74 Å². The van der Waals surface area contributed by atoms with E-state index in [0.29, 0.717) is 16.3 Å². The molecule has 0 saturated carbocycles. The fourth-order valence-electron chi connectivity index (χ4n) is 1.62. The predicted molar refractivity (Wildman–Crippen MR) is 80.8 cm³/mol. The first-order valence-corrected chi connectivity index (χ1v) is 7.17. The maximum absolute atomic E-state index is 7.57. The van der Waals surface area contributed by atoms with Crippen molar-refractivity contribution in [3.8, 4) is 11.5 Å². The average Bonchev–Trinajstić information content (AvgIpc) is 2.41. The van der Waals surface area contributed by atoms with Gasteiger partial charge < -0.3 is 10.5 Å². The van der Waals surface area contributed by atoms with Gasteiger partial charge in [0.25, 0.3) is 0 Å². The SMILES string of the molecule is CSc1ccccc1Oc1ccc(Cl)cc1C(=N)N. The van der Waals surface area contributed by atoms with Crippen LogP contribution in [0.2, 0.25) is 5.02 Å². The normalized spacial score (nSPS) is 10.2. The first-order chi connectivity index (χ1) is 9.11. The van der Waals surface area contributed by atoms with Gasteiger partial charge in [0.05, 0.1) is 5.56 Å².